The number of carbonyl (C=O) groups is 1. The van der Waals surface area contributed by atoms with E-state index in [2.05, 4.69) is 27.8 Å². The third-order valence-corrected chi connectivity index (χ3v) is 7.05. The first-order valence-corrected chi connectivity index (χ1v) is 8.38. The average Bonchev–Trinajstić information content (AvgIpc) is 2.72. The summed E-state index contributed by atoms with van der Waals surface area (Å²) >= 11 is 0. The Kier molecular flexibility index (Phi) is 3.61. The monoisotopic (exact) mass is 296 g/mol. The number of hydrogen-bond donors (Lipinski definition) is 0. The molecule has 1 aliphatic heterocycles. The summed E-state index contributed by atoms with van der Waals surface area (Å²) in [7, 11) is 2.14. The number of fused-ring (bicyclic) bond motifs is 2. The first-order chi connectivity index (χ1) is 9.77. The first kappa shape index (κ1) is 15.3. The summed E-state index contributed by atoms with van der Waals surface area (Å²) in [5.74, 6) is 0.697. The Morgan fingerprint density at radius 1 is 1.29 bits per heavy atom. The van der Waals surface area contributed by atoms with Crippen molar-refractivity contribution in [1.29, 1.82) is 0 Å². The van der Waals surface area contributed by atoms with Crippen LogP contribution in [0.3, 0.4) is 0 Å². The molecule has 3 fully saturated rings. The van der Waals surface area contributed by atoms with Gasteiger partial charge in [-0.15, -0.1) is 0 Å². The Balaban J connectivity index is 1.61. The maximum Gasteiger partial charge on any atom is 0.362 e. The van der Waals surface area contributed by atoms with Gasteiger partial charge in [-0.25, -0.2) is 4.79 Å². The van der Waals surface area contributed by atoms with E-state index in [0.717, 1.165) is 37.2 Å². The fourth-order valence-electron chi connectivity index (χ4n) is 4.76. The zero-order chi connectivity index (χ0) is 15.3. The molecule has 4 heteroatoms. The van der Waals surface area contributed by atoms with E-state index < -0.39 is 0 Å². The maximum atomic E-state index is 12.4. The molecule has 4 nitrogen and oxygen atoms in total. The van der Waals surface area contributed by atoms with Crippen molar-refractivity contribution < 1.29 is 18.8 Å². The van der Waals surface area contributed by atoms with Gasteiger partial charge in [0, 0.05) is 5.41 Å². The summed E-state index contributed by atoms with van der Waals surface area (Å²) in [6, 6.07) is 0. The average molecular weight is 296 g/mol. The second-order valence-electron chi connectivity index (χ2n) is 8.43. The summed E-state index contributed by atoms with van der Waals surface area (Å²) in [4.78, 5) is 12.4. The highest BCUT2D eigenvalue weighted by atomic mass is 16.5. The van der Waals surface area contributed by atoms with E-state index in [9.17, 15) is 4.79 Å². The topological polar surface area (TPSA) is 35.5 Å². The fourth-order valence-corrected chi connectivity index (χ4v) is 4.76. The molecule has 0 aromatic heterocycles. The molecule has 3 atom stereocenters. The molecule has 1 heterocycles. The normalized spacial score (nSPS) is 40.2. The second-order valence-corrected chi connectivity index (χ2v) is 8.43. The molecule has 0 N–H and O–H groups in total. The van der Waals surface area contributed by atoms with Crippen molar-refractivity contribution in [3.63, 3.8) is 0 Å². The molecule has 0 radical (unpaired) electrons. The van der Waals surface area contributed by atoms with Gasteiger partial charge >= 0.3 is 5.97 Å². The Hall–Kier alpha value is -0.610. The van der Waals surface area contributed by atoms with Crippen molar-refractivity contribution in [2.45, 2.75) is 46.1 Å². The van der Waals surface area contributed by atoms with Crippen molar-refractivity contribution >= 4 is 5.97 Å². The number of likely N-dealkylation sites (N-methyl/N-ethyl adjacent to an activating group) is 1. The van der Waals surface area contributed by atoms with Crippen molar-refractivity contribution in [2.24, 2.45) is 16.7 Å². The van der Waals surface area contributed by atoms with Crippen LogP contribution in [0.4, 0.5) is 0 Å². The van der Waals surface area contributed by atoms with Crippen LogP contribution in [0.2, 0.25) is 0 Å². The predicted molar refractivity (Wildman–Crippen MR) is 80.7 cm³/mol. The van der Waals surface area contributed by atoms with E-state index >= 15 is 0 Å². The van der Waals surface area contributed by atoms with E-state index in [1.165, 1.54) is 12.8 Å². The summed E-state index contributed by atoms with van der Waals surface area (Å²) in [6.07, 6.45) is 3.67. The molecule has 21 heavy (non-hydrogen) atoms. The predicted octanol–water partition coefficient (Wildman–Crippen LogP) is 2.22. The number of nitrogens with zero attached hydrogens (tertiary/aromatic N) is 1. The third kappa shape index (κ3) is 2.40. The SMILES string of the molecule is CC1(C)[C@@H]2CC[C@@]1(C)[C@H](OC(=O)C[N+]1(C)CCOCC1)C2. The number of quaternary nitrogens is 1. The van der Waals surface area contributed by atoms with Crippen molar-refractivity contribution in [3.05, 3.63) is 0 Å². The number of morpholine rings is 1. The Labute approximate surface area is 128 Å². The minimum absolute atomic E-state index is 0.0195. The smallest absolute Gasteiger partial charge is 0.362 e. The minimum atomic E-state index is -0.0195. The lowest BCUT2D eigenvalue weighted by Gasteiger charge is -2.40. The molecule has 0 spiro atoms. The molecule has 2 aliphatic carbocycles. The van der Waals surface area contributed by atoms with Crippen LogP contribution in [-0.4, -0.2) is 56.5 Å². The molecular formula is C17H30NO3+. The van der Waals surface area contributed by atoms with Gasteiger partial charge in [-0.2, -0.15) is 0 Å². The maximum absolute atomic E-state index is 12.4. The van der Waals surface area contributed by atoms with Crippen molar-refractivity contribution in [3.8, 4) is 0 Å². The second kappa shape index (κ2) is 4.95. The van der Waals surface area contributed by atoms with Gasteiger partial charge in [-0.05, 0) is 30.6 Å². The van der Waals surface area contributed by atoms with Gasteiger partial charge in [0.25, 0.3) is 0 Å². The van der Waals surface area contributed by atoms with E-state index in [4.69, 9.17) is 9.47 Å². The van der Waals surface area contributed by atoms with Crippen LogP contribution in [0, 0.1) is 16.7 Å². The molecule has 0 unspecified atom stereocenters. The lowest BCUT2D eigenvalue weighted by atomic mass is 9.70. The summed E-state index contributed by atoms with van der Waals surface area (Å²) < 4.78 is 12.1. The first-order valence-electron chi connectivity index (χ1n) is 8.38. The van der Waals surface area contributed by atoms with Crippen LogP contribution in [-0.2, 0) is 14.3 Å². The van der Waals surface area contributed by atoms with Crippen LogP contribution < -0.4 is 0 Å². The summed E-state index contributed by atoms with van der Waals surface area (Å²) in [5.41, 5.74) is 0.465. The van der Waals surface area contributed by atoms with Crippen LogP contribution in [0.25, 0.3) is 0 Å². The van der Waals surface area contributed by atoms with Crippen molar-refractivity contribution in [1.82, 2.24) is 0 Å². The van der Waals surface area contributed by atoms with Gasteiger partial charge in [0.1, 0.15) is 19.2 Å². The quantitative estimate of drug-likeness (QED) is 0.592. The van der Waals surface area contributed by atoms with Crippen molar-refractivity contribution in [2.75, 3.05) is 39.9 Å². The van der Waals surface area contributed by atoms with Crippen LogP contribution in [0.5, 0.6) is 0 Å². The zero-order valence-electron chi connectivity index (χ0n) is 14.0. The summed E-state index contributed by atoms with van der Waals surface area (Å²) in [5, 5.41) is 0. The number of hydrogen-bond acceptors (Lipinski definition) is 3. The molecule has 0 aromatic rings. The van der Waals surface area contributed by atoms with Gasteiger partial charge in [-0.3, -0.25) is 0 Å². The van der Waals surface area contributed by atoms with E-state index in [-0.39, 0.29) is 17.5 Å². The molecule has 2 bridgehead atoms. The Morgan fingerprint density at radius 3 is 2.48 bits per heavy atom. The fraction of sp³-hybridized carbons (Fsp3) is 0.941. The lowest BCUT2D eigenvalue weighted by molar-refractivity contribution is -0.910. The highest BCUT2D eigenvalue weighted by Gasteiger charge is 2.63. The summed E-state index contributed by atoms with van der Waals surface area (Å²) in [6.45, 7) is 10.8. The zero-order valence-corrected chi connectivity index (χ0v) is 14.0. The lowest BCUT2D eigenvalue weighted by Crippen LogP contribution is -2.55. The van der Waals surface area contributed by atoms with E-state index in [0.29, 0.717) is 17.9 Å². The largest absolute Gasteiger partial charge is 0.458 e. The number of esters is 1. The molecule has 0 aromatic carbocycles. The van der Waals surface area contributed by atoms with Crippen LogP contribution >= 0.6 is 0 Å². The van der Waals surface area contributed by atoms with Gasteiger partial charge in [0.05, 0.1) is 20.3 Å². The highest BCUT2D eigenvalue weighted by Crippen LogP contribution is 2.66. The van der Waals surface area contributed by atoms with Gasteiger partial charge in [0.15, 0.2) is 6.54 Å². The Morgan fingerprint density at radius 2 is 1.95 bits per heavy atom. The van der Waals surface area contributed by atoms with Gasteiger partial charge < -0.3 is 14.0 Å². The van der Waals surface area contributed by atoms with Crippen LogP contribution in [0.15, 0.2) is 0 Å². The molecule has 0 amide bonds. The number of ether oxygens (including phenoxy) is 2. The number of carbonyl (C=O) groups excluding carboxylic acids is 1. The molecule has 3 rings (SSSR count). The van der Waals surface area contributed by atoms with Gasteiger partial charge in [0.2, 0.25) is 0 Å². The van der Waals surface area contributed by atoms with E-state index in [1.54, 1.807) is 0 Å². The molecule has 2 saturated carbocycles. The molecule has 1 saturated heterocycles. The van der Waals surface area contributed by atoms with Crippen LogP contribution in [0.1, 0.15) is 40.0 Å². The van der Waals surface area contributed by atoms with Gasteiger partial charge in [-0.1, -0.05) is 20.8 Å². The highest BCUT2D eigenvalue weighted by molar-refractivity contribution is 5.71. The third-order valence-electron chi connectivity index (χ3n) is 7.05. The Bertz CT molecular complexity index is 428. The molecular weight excluding hydrogens is 266 g/mol. The standard InChI is InChI=1S/C17H30NO3/c1-16(2)13-5-6-17(16,3)14(11-13)21-15(19)12-18(4)7-9-20-10-8-18/h13-14H,5-12H2,1-4H3/q+1/t13-,14-,17+/m1/s1. The van der Waals surface area contributed by atoms with E-state index in [1.807, 2.05) is 0 Å². The minimum Gasteiger partial charge on any atom is -0.458 e. The molecule has 120 valence electrons. The number of rotatable bonds is 3. The molecule has 3 aliphatic rings.